The number of nitrogens with zero attached hydrogens (tertiary/aromatic N) is 8. The number of nitriles is 1. The number of rotatable bonds is 5. The summed E-state index contributed by atoms with van der Waals surface area (Å²) in [5, 5.41) is 22.0. The van der Waals surface area contributed by atoms with Crippen LogP contribution < -0.4 is 4.90 Å². The molecule has 35 heavy (non-hydrogen) atoms. The summed E-state index contributed by atoms with van der Waals surface area (Å²) in [6, 6.07) is 19.1. The van der Waals surface area contributed by atoms with Gasteiger partial charge in [0.2, 0.25) is 0 Å². The molecule has 0 saturated carbocycles. The maximum atomic E-state index is 9.63. The molecule has 0 unspecified atom stereocenters. The van der Waals surface area contributed by atoms with E-state index in [1.807, 2.05) is 12.4 Å². The molecule has 1 aromatic carbocycles. The van der Waals surface area contributed by atoms with Gasteiger partial charge in [-0.15, -0.1) is 0 Å². The van der Waals surface area contributed by atoms with E-state index >= 15 is 0 Å². The Labute approximate surface area is 203 Å². The minimum atomic E-state index is -0.00713. The van der Waals surface area contributed by atoms with Crippen LogP contribution in [0.2, 0.25) is 0 Å². The van der Waals surface area contributed by atoms with E-state index in [0.717, 1.165) is 60.7 Å². The molecule has 6 rings (SSSR count). The molecular weight excluding hydrogens is 436 g/mol. The van der Waals surface area contributed by atoms with Gasteiger partial charge in [-0.25, -0.2) is 9.50 Å². The Kier molecular flexibility index (Phi) is 5.53. The van der Waals surface area contributed by atoms with Crippen molar-refractivity contribution in [3.8, 4) is 17.2 Å². The van der Waals surface area contributed by atoms with E-state index < -0.39 is 0 Å². The van der Waals surface area contributed by atoms with Crippen molar-refractivity contribution in [3.05, 3.63) is 83.8 Å². The molecule has 0 N–H and O–H groups in total. The third-order valence-electron chi connectivity index (χ3n) is 6.66. The second-order valence-electron chi connectivity index (χ2n) is 8.86. The fourth-order valence-electron chi connectivity index (χ4n) is 4.77. The molecule has 0 radical (unpaired) electrons. The maximum Gasteiger partial charge on any atom is 0.128 e. The Morgan fingerprint density at radius 1 is 0.943 bits per heavy atom. The largest absolute Gasteiger partial charge is 0.354 e. The van der Waals surface area contributed by atoms with Crippen LogP contribution in [0.3, 0.4) is 0 Å². The average molecular weight is 461 g/mol. The number of hydrogen-bond acceptors (Lipinski definition) is 7. The highest BCUT2D eigenvalue weighted by molar-refractivity contribution is 5.94. The molecule has 5 heterocycles. The lowest BCUT2D eigenvalue weighted by molar-refractivity contribution is 0.249. The summed E-state index contributed by atoms with van der Waals surface area (Å²) in [6.07, 6.45) is 9.05. The van der Waals surface area contributed by atoms with Gasteiger partial charge in [0.25, 0.3) is 0 Å². The molecule has 0 amide bonds. The summed E-state index contributed by atoms with van der Waals surface area (Å²) in [5.41, 5.74) is 5.57. The standard InChI is InChI=1S/C27H24N8/c28-13-23-17-32-35-19-22(24-15-30-31-16-24)12-25(27(23)35)21-6-7-26(29-14-21)34-10-8-33(9-11-34)18-20-4-2-1-3-5-20/h1-7,12,14-17,19,24H,8-11,18H2. The maximum absolute atomic E-state index is 9.63. The lowest BCUT2D eigenvalue weighted by atomic mass is 9.98. The summed E-state index contributed by atoms with van der Waals surface area (Å²) >= 11 is 0. The molecule has 1 saturated heterocycles. The minimum absolute atomic E-state index is 0.00713. The van der Waals surface area contributed by atoms with Gasteiger partial charge in [-0.1, -0.05) is 30.3 Å². The summed E-state index contributed by atoms with van der Waals surface area (Å²) in [5.74, 6) is 0.969. The topological polar surface area (TPSA) is 85.2 Å². The van der Waals surface area contributed by atoms with Crippen LogP contribution in [0.1, 0.15) is 22.6 Å². The smallest absolute Gasteiger partial charge is 0.128 e. The summed E-state index contributed by atoms with van der Waals surface area (Å²) in [4.78, 5) is 9.63. The highest BCUT2D eigenvalue weighted by Gasteiger charge is 2.20. The highest BCUT2D eigenvalue weighted by atomic mass is 15.3. The molecule has 4 aromatic rings. The molecule has 2 aliphatic rings. The van der Waals surface area contributed by atoms with Crippen molar-refractivity contribution in [3.63, 3.8) is 0 Å². The zero-order valence-corrected chi connectivity index (χ0v) is 19.2. The monoisotopic (exact) mass is 460 g/mol. The van der Waals surface area contributed by atoms with E-state index in [1.165, 1.54) is 5.56 Å². The molecule has 8 heteroatoms. The molecule has 2 aliphatic heterocycles. The number of pyridine rings is 2. The van der Waals surface area contributed by atoms with Gasteiger partial charge < -0.3 is 4.90 Å². The van der Waals surface area contributed by atoms with Crippen molar-refractivity contribution in [2.24, 2.45) is 10.2 Å². The molecule has 0 spiro atoms. The van der Waals surface area contributed by atoms with Gasteiger partial charge in [0, 0.05) is 68.7 Å². The first-order chi connectivity index (χ1) is 17.3. The van der Waals surface area contributed by atoms with E-state index in [4.69, 9.17) is 4.98 Å². The van der Waals surface area contributed by atoms with Crippen LogP contribution in [-0.4, -0.2) is 58.1 Å². The molecule has 0 aliphatic carbocycles. The molecule has 172 valence electrons. The Balaban J connectivity index is 1.23. The molecule has 1 fully saturated rings. The van der Waals surface area contributed by atoms with E-state index in [1.54, 1.807) is 23.1 Å². The van der Waals surface area contributed by atoms with Gasteiger partial charge in [0.1, 0.15) is 11.9 Å². The minimum Gasteiger partial charge on any atom is -0.354 e. The normalized spacial score (nSPS) is 16.3. The third-order valence-corrected chi connectivity index (χ3v) is 6.66. The highest BCUT2D eigenvalue weighted by Crippen LogP contribution is 2.31. The van der Waals surface area contributed by atoms with Crippen LogP contribution in [0.5, 0.6) is 0 Å². The first-order valence-corrected chi connectivity index (χ1v) is 11.7. The quantitative estimate of drug-likeness (QED) is 0.453. The number of piperazine rings is 1. The Morgan fingerprint density at radius 2 is 1.74 bits per heavy atom. The van der Waals surface area contributed by atoms with Gasteiger partial charge in [-0.05, 0) is 29.3 Å². The Morgan fingerprint density at radius 3 is 2.46 bits per heavy atom. The lowest BCUT2D eigenvalue weighted by Gasteiger charge is -2.35. The predicted molar refractivity (Wildman–Crippen MR) is 137 cm³/mol. The van der Waals surface area contributed by atoms with Crippen molar-refractivity contribution in [1.82, 2.24) is 19.5 Å². The molecule has 0 atom stereocenters. The Bertz CT molecular complexity index is 1430. The van der Waals surface area contributed by atoms with Crippen molar-refractivity contribution in [2.75, 3.05) is 31.1 Å². The zero-order chi connectivity index (χ0) is 23.6. The fourth-order valence-corrected chi connectivity index (χ4v) is 4.77. The van der Waals surface area contributed by atoms with Crippen molar-refractivity contribution < 1.29 is 0 Å². The SMILES string of the molecule is N#Cc1cnn2cc(C3C=NN=C3)cc(-c3ccc(N4CCN(Cc5ccccc5)CC4)nc3)c12. The molecule has 3 aromatic heterocycles. The number of aromatic nitrogens is 3. The van der Waals surface area contributed by atoms with E-state index in [0.29, 0.717) is 5.56 Å². The second-order valence-corrected chi connectivity index (χ2v) is 8.86. The molecular formula is C27H24N8. The van der Waals surface area contributed by atoms with Crippen LogP contribution >= 0.6 is 0 Å². The van der Waals surface area contributed by atoms with Crippen molar-refractivity contribution in [1.29, 1.82) is 5.26 Å². The van der Waals surface area contributed by atoms with Gasteiger partial charge in [0.15, 0.2) is 0 Å². The third kappa shape index (κ3) is 4.18. The van der Waals surface area contributed by atoms with Crippen LogP contribution in [0.15, 0.2) is 77.3 Å². The van der Waals surface area contributed by atoms with E-state index in [-0.39, 0.29) is 5.92 Å². The van der Waals surface area contributed by atoms with Gasteiger partial charge in [-0.2, -0.15) is 20.6 Å². The van der Waals surface area contributed by atoms with Crippen LogP contribution in [0.4, 0.5) is 5.82 Å². The van der Waals surface area contributed by atoms with Crippen molar-refractivity contribution >= 4 is 23.8 Å². The first kappa shape index (κ1) is 21.2. The van der Waals surface area contributed by atoms with Crippen LogP contribution in [0.25, 0.3) is 16.6 Å². The summed E-state index contributed by atoms with van der Waals surface area (Å²) < 4.78 is 1.77. The second kappa shape index (κ2) is 9.12. The van der Waals surface area contributed by atoms with Gasteiger partial charge in [-0.3, -0.25) is 4.90 Å². The fraction of sp³-hybridized carbons (Fsp3) is 0.222. The summed E-state index contributed by atoms with van der Waals surface area (Å²) in [7, 11) is 0. The number of benzene rings is 1. The van der Waals surface area contributed by atoms with Crippen molar-refractivity contribution in [2.45, 2.75) is 12.5 Å². The van der Waals surface area contributed by atoms with Crippen LogP contribution in [-0.2, 0) is 6.54 Å². The van der Waals surface area contributed by atoms with E-state index in [2.05, 4.69) is 79.7 Å². The molecule has 8 nitrogen and oxygen atoms in total. The number of hydrogen-bond donors (Lipinski definition) is 0. The van der Waals surface area contributed by atoms with Gasteiger partial charge in [0.05, 0.1) is 23.2 Å². The number of fused-ring (bicyclic) bond motifs is 1. The van der Waals surface area contributed by atoms with Crippen LogP contribution in [0, 0.1) is 11.3 Å². The predicted octanol–water partition coefficient (Wildman–Crippen LogP) is 3.74. The van der Waals surface area contributed by atoms with E-state index in [9.17, 15) is 5.26 Å². The van der Waals surface area contributed by atoms with Gasteiger partial charge >= 0.3 is 0 Å². The average Bonchev–Trinajstić information content (AvgIpc) is 3.60. The summed E-state index contributed by atoms with van der Waals surface area (Å²) in [6.45, 7) is 4.89. The Hall–Kier alpha value is -4.35. The lowest BCUT2D eigenvalue weighted by Crippen LogP contribution is -2.46. The first-order valence-electron chi connectivity index (χ1n) is 11.7. The zero-order valence-electron chi connectivity index (χ0n) is 19.2. The number of anilines is 1. The molecule has 0 bridgehead atoms.